The fourth-order valence-electron chi connectivity index (χ4n) is 2.81. The third-order valence-electron chi connectivity index (χ3n) is 4.20. The minimum atomic E-state index is -0.732. The van der Waals surface area contributed by atoms with Gasteiger partial charge < -0.3 is 21.3 Å². The van der Waals surface area contributed by atoms with Crippen molar-refractivity contribution in [2.45, 2.75) is 24.8 Å². The van der Waals surface area contributed by atoms with Crippen molar-refractivity contribution >= 4 is 17.8 Å². The molecule has 118 valence electrons. The van der Waals surface area contributed by atoms with Crippen LogP contribution in [0.25, 0.3) is 0 Å². The van der Waals surface area contributed by atoms with Crippen molar-refractivity contribution in [1.29, 1.82) is 0 Å². The number of imide groups is 1. The number of nitrogens with two attached hydrogens (primary N) is 1. The topological polar surface area (TPSA) is 108 Å². The Labute approximate surface area is 124 Å². The zero-order valence-electron chi connectivity index (χ0n) is 12.4. The van der Waals surface area contributed by atoms with Crippen LogP contribution in [0.3, 0.4) is 0 Å². The predicted octanol–water partition coefficient (Wildman–Crippen LogP) is -1.53. The van der Waals surface area contributed by atoms with E-state index in [0.29, 0.717) is 52.0 Å². The van der Waals surface area contributed by atoms with Gasteiger partial charge in [-0.25, -0.2) is 4.79 Å². The average molecular weight is 297 g/mol. The average Bonchev–Trinajstić information content (AvgIpc) is 2.69. The first-order chi connectivity index (χ1) is 9.98. The highest BCUT2D eigenvalue weighted by atomic mass is 16.2. The fourth-order valence-corrected chi connectivity index (χ4v) is 2.81. The van der Waals surface area contributed by atoms with Crippen LogP contribution in [-0.4, -0.2) is 73.0 Å². The summed E-state index contributed by atoms with van der Waals surface area (Å²) in [7, 11) is 1.50. The number of amides is 4. The fraction of sp³-hybridized carbons (Fsp3) is 0.769. The molecule has 0 aromatic rings. The standard InChI is InChI=1S/C13H23N5O3/c1-17-11(20)13(16-12(17)21)3-8-18(9-4-13)7-2-10(19)15-6-5-14/h2-9,14H2,1H3,(H,15,19)(H,16,21). The molecule has 2 saturated heterocycles. The molecule has 4 N–H and O–H groups in total. The highest BCUT2D eigenvalue weighted by molar-refractivity contribution is 6.06. The van der Waals surface area contributed by atoms with E-state index in [1.54, 1.807) is 0 Å². The van der Waals surface area contributed by atoms with Crippen LogP contribution in [0.1, 0.15) is 19.3 Å². The van der Waals surface area contributed by atoms with Gasteiger partial charge in [-0.15, -0.1) is 0 Å². The summed E-state index contributed by atoms with van der Waals surface area (Å²) in [4.78, 5) is 38.5. The van der Waals surface area contributed by atoms with E-state index in [4.69, 9.17) is 5.73 Å². The van der Waals surface area contributed by atoms with Crippen LogP contribution in [0.5, 0.6) is 0 Å². The number of nitrogens with zero attached hydrogens (tertiary/aromatic N) is 2. The summed E-state index contributed by atoms with van der Waals surface area (Å²) in [6, 6.07) is -0.324. The smallest absolute Gasteiger partial charge is 0.324 e. The van der Waals surface area contributed by atoms with Gasteiger partial charge in [-0.2, -0.15) is 0 Å². The van der Waals surface area contributed by atoms with Gasteiger partial charge in [0, 0.05) is 46.2 Å². The molecule has 8 heteroatoms. The third kappa shape index (κ3) is 3.33. The van der Waals surface area contributed by atoms with Crippen molar-refractivity contribution in [2.24, 2.45) is 5.73 Å². The number of likely N-dealkylation sites (N-methyl/N-ethyl adjacent to an activating group) is 1. The van der Waals surface area contributed by atoms with E-state index in [1.807, 2.05) is 0 Å². The van der Waals surface area contributed by atoms with Crippen molar-refractivity contribution in [3.05, 3.63) is 0 Å². The molecule has 21 heavy (non-hydrogen) atoms. The molecule has 0 bridgehead atoms. The number of carbonyl (C=O) groups is 3. The van der Waals surface area contributed by atoms with Crippen LogP contribution in [0, 0.1) is 0 Å². The van der Waals surface area contributed by atoms with Gasteiger partial charge in [-0.1, -0.05) is 0 Å². The largest absolute Gasteiger partial charge is 0.355 e. The number of carbonyl (C=O) groups excluding carboxylic acids is 3. The molecular formula is C13H23N5O3. The Morgan fingerprint density at radius 3 is 2.57 bits per heavy atom. The molecule has 2 aliphatic heterocycles. The monoisotopic (exact) mass is 297 g/mol. The summed E-state index contributed by atoms with van der Waals surface area (Å²) < 4.78 is 0. The SMILES string of the molecule is CN1C(=O)NC2(CCN(CCC(=O)NCCN)CC2)C1=O. The molecule has 0 radical (unpaired) electrons. The third-order valence-corrected chi connectivity index (χ3v) is 4.20. The first-order valence-corrected chi connectivity index (χ1v) is 7.28. The van der Waals surface area contributed by atoms with Crippen molar-refractivity contribution < 1.29 is 14.4 Å². The maximum Gasteiger partial charge on any atom is 0.324 e. The minimum absolute atomic E-state index is 0.00860. The molecule has 0 atom stereocenters. The van der Waals surface area contributed by atoms with Gasteiger partial charge in [0.15, 0.2) is 0 Å². The Balaban J connectivity index is 1.77. The van der Waals surface area contributed by atoms with Gasteiger partial charge in [0.25, 0.3) is 5.91 Å². The zero-order chi connectivity index (χ0) is 15.5. The molecular weight excluding hydrogens is 274 g/mol. The highest BCUT2D eigenvalue weighted by Gasteiger charge is 2.50. The molecule has 2 heterocycles. The number of nitrogens with one attached hydrogen (secondary N) is 2. The van der Waals surface area contributed by atoms with Crippen LogP contribution in [-0.2, 0) is 9.59 Å². The Bertz CT molecular complexity index is 432. The molecule has 2 fully saturated rings. The van der Waals surface area contributed by atoms with Crippen LogP contribution in [0.4, 0.5) is 4.79 Å². The lowest BCUT2D eigenvalue weighted by Crippen LogP contribution is -2.55. The van der Waals surface area contributed by atoms with Crippen LogP contribution < -0.4 is 16.4 Å². The number of hydrogen-bond donors (Lipinski definition) is 3. The second-order valence-corrected chi connectivity index (χ2v) is 5.61. The Morgan fingerprint density at radius 2 is 2.05 bits per heavy atom. The van der Waals surface area contributed by atoms with Crippen LogP contribution >= 0.6 is 0 Å². The van der Waals surface area contributed by atoms with E-state index >= 15 is 0 Å². The van der Waals surface area contributed by atoms with E-state index in [-0.39, 0.29) is 17.8 Å². The van der Waals surface area contributed by atoms with Crippen LogP contribution in [0.2, 0.25) is 0 Å². The first kappa shape index (κ1) is 15.7. The Hall–Kier alpha value is -1.67. The van der Waals surface area contributed by atoms with Crippen molar-refractivity contribution in [1.82, 2.24) is 20.4 Å². The van der Waals surface area contributed by atoms with E-state index in [2.05, 4.69) is 15.5 Å². The van der Waals surface area contributed by atoms with Gasteiger partial charge in [-0.05, 0) is 12.8 Å². The summed E-state index contributed by atoms with van der Waals surface area (Å²) in [5.41, 5.74) is 4.59. The molecule has 0 aromatic heterocycles. The van der Waals surface area contributed by atoms with Crippen LogP contribution in [0.15, 0.2) is 0 Å². The van der Waals surface area contributed by atoms with Gasteiger partial charge in [0.2, 0.25) is 5.91 Å². The zero-order valence-corrected chi connectivity index (χ0v) is 12.4. The molecule has 0 saturated carbocycles. The first-order valence-electron chi connectivity index (χ1n) is 7.28. The van der Waals surface area contributed by atoms with E-state index in [1.165, 1.54) is 7.05 Å². The van der Waals surface area contributed by atoms with Gasteiger partial charge in [-0.3, -0.25) is 14.5 Å². The molecule has 0 unspecified atom stereocenters. The normalized spacial score (nSPS) is 21.7. The number of likely N-dealkylation sites (tertiary alicyclic amines) is 1. The maximum absolute atomic E-state index is 12.1. The Morgan fingerprint density at radius 1 is 1.38 bits per heavy atom. The van der Waals surface area contributed by atoms with Crippen molar-refractivity contribution in [2.75, 3.05) is 39.8 Å². The molecule has 8 nitrogen and oxygen atoms in total. The van der Waals surface area contributed by atoms with Gasteiger partial charge >= 0.3 is 6.03 Å². The molecule has 2 aliphatic rings. The lowest BCUT2D eigenvalue weighted by molar-refractivity contribution is -0.132. The van der Waals surface area contributed by atoms with Gasteiger partial charge in [0.05, 0.1) is 0 Å². The highest BCUT2D eigenvalue weighted by Crippen LogP contribution is 2.28. The second kappa shape index (κ2) is 6.40. The Kier molecular flexibility index (Phi) is 4.79. The molecule has 4 amide bonds. The molecule has 0 aliphatic carbocycles. The van der Waals surface area contributed by atoms with Crippen molar-refractivity contribution in [3.63, 3.8) is 0 Å². The number of hydrogen-bond acceptors (Lipinski definition) is 5. The molecule has 2 rings (SSSR count). The summed E-state index contributed by atoms with van der Waals surface area (Å²) >= 11 is 0. The number of piperidine rings is 1. The lowest BCUT2D eigenvalue weighted by atomic mass is 9.87. The second-order valence-electron chi connectivity index (χ2n) is 5.61. The van der Waals surface area contributed by atoms with E-state index in [9.17, 15) is 14.4 Å². The quantitative estimate of drug-likeness (QED) is 0.534. The lowest BCUT2D eigenvalue weighted by Gasteiger charge is -2.37. The number of urea groups is 1. The van der Waals surface area contributed by atoms with Gasteiger partial charge in [0.1, 0.15) is 5.54 Å². The van der Waals surface area contributed by atoms with E-state index in [0.717, 1.165) is 4.90 Å². The summed E-state index contributed by atoms with van der Waals surface area (Å²) in [6.45, 7) is 2.99. The van der Waals surface area contributed by atoms with Crippen molar-refractivity contribution in [3.8, 4) is 0 Å². The van der Waals surface area contributed by atoms with E-state index < -0.39 is 5.54 Å². The summed E-state index contributed by atoms with van der Waals surface area (Å²) in [5, 5.41) is 5.53. The number of rotatable bonds is 5. The maximum atomic E-state index is 12.1. The summed E-state index contributed by atoms with van der Waals surface area (Å²) in [5.74, 6) is -0.154. The molecule has 0 aromatic carbocycles. The minimum Gasteiger partial charge on any atom is -0.355 e. The predicted molar refractivity (Wildman–Crippen MR) is 76.4 cm³/mol. The summed E-state index contributed by atoms with van der Waals surface area (Å²) in [6.07, 6.45) is 1.60. The molecule has 1 spiro atoms.